The number of rotatable bonds is 8. The molecule has 3 nitrogen and oxygen atoms in total. The molecule has 0 amide bonds. The van der Waals surface area contributed by atoms with Crippen LogP contribution in [0.15, 0.2) is 30.3 Å². The summed E-state index contributed by atoms with van der Waals surface area (Å²) in [5, 5.41) is 7.65. The van der Waals surface area contributed by atoms with Crippen molar-refractivity contribution in [2.24, 2.45) is 5.73 Å². The maximum Gasteiger partial charge on any atom is 0.0990 e. The van der Waals surface area contributed by atoms with Gasteiger partial charge < -0.3 is 10.5 Å². The summed E-state index contributed by atoms with van der Waals surface area (Å²) >= 11 is 1.82. The molecule has 17 heavy (non-hydrogen) atoms. The van der Waals surface area contributed by atoms with Crippen molar-refractivity contribution in [2.75, 3.05) is 25.2 Å². The lowest BCUT2D eigenvalue weighted by Gasteiger charge is -2.15. The number of amidine groups is 1. The molecule has 0 radical (unpaired) electrons. The average molecular weight is 252 g/mol. The van der Waals surface area contributed by atoms with Crippen LogP contribution in [0.1, 0.15) is 17.9 Å². The fourth-order valence-electron chi connectivity index (χ4n) is 1.56. The molecule has 0 aliphatic rings. The molecule has 0 aliphatic heterocycles. The minimum atomic E-state index is 0.0312. The summed E-state index contributed by atoms with van der Waals surface area (Å²) in [6.45, 7) is 0.795. The third kappa shape index (κ3) is 5.24. The van der Waals surface area contributed by atoms with Gasteiger partial charge in [0.2, 0.25) is 0 Å². The molecule has 1 aromatic carbocycles. The second kappa shape index (κ2) is 8.14. The van der Waals surface area contributed by atoms with E-state index in [1.54, 1.807) is 7.11 Å². The molecule has 1 aromatic rings. The largest absolute Gasteiger partial charge is 0.387 e. The Bertz CT molecular complexity index is 329. The van der Waals surface area contributed by atoms with Gasteiger partial charge in [0.1, 0.15) is 0 Å². The van der Waals surface area contributed by atoms with Gasteiger partial charge in [-0.05, 0) is 17.7 Å². The molecule has 0 heterocycles. The summed E-state index contributed by atoms with van der Waals surface area (Å²) in [4.78, 5) is 0. The van der Waals surface area contributed by atoms with Crippen LogP contribution >= 0.6 is 11.8 Å². The highest BCUT2D eigenvalue weighted by Gasteiger charge is 2.14. The molecule has 1 rings (SSSR count). The fourth-order valence-corrected chi connectivity index (χ4v) is 2.65. The maximum atomic E-state index is 7.65. The molecule has 1 atom stereocenters. The van der Waals surface area contributed by atoms with Crippen LogP contribution in [0.2, 0.25) is 0 Å². The molecule has 3 N–H and O–H groups in total. The van der Waals surface area contributed by atoms with Crippen molar-refractivity contribution in [3.63, 3.8) is 0 Å². The minimum Gasteiger partial charge on any atom is -0.387 e. The van der Waals surface area contributed by atoms with Crippen LogP contribution in [-0.2, 0) is 4.74 Å². The van der Waals surface area contributed by atoms with E-state index in [0.29, 0.717) is 0 Å². The maximum absolute atomic E-state index is 7.65. The van der Waals surface area contributed by atoms with Gasteiger partial charge in [-0.3, -0.25) is 5.41 Å². The molecular formula is C13H20N2OS. The van der Waals surface area contributed by atoms with Gasteiger partial charge in [-0.25, -0.2) is 0 Å². The van der Waals surface area contributed by atoms with Crippen molar-refractivity contribution in [3.8, 4) is 0 Å². The summed E-state index contributed by atoms with van der Waals surface area (Å²) in [6, 6.07) is 10.0. The van der Waals surface area contributed by atoms with Crippen molar-refractivity contribution >= 4 is 17.6 Å². The van der Waals surface area contributed by atoms with E-state index >= 15 is 0 Å². The molecule has 0 bridgehead atoms. The Labute approximate surface area is 107 Å². The summed E-state index contributed by atoms with van der Waals surface area (Å²) in [7, 11) is 1.72. The van der Waals surface area contributed by atoms with Gasteiger partial charge in [0.05, 0.1) is 5.84 Å². The third-order valence-corrected chi connectivity index (χ3v) is 3.65. The van der Waals surface area contributed by atoms with Crippen molar-refractivity contribution in [1.29, 1.82) is 5.41 Å². The predicted molar refractivity (Wildman–Crippen MR) is 74.9 cm³/mol. The van der Waals surface area contributed by atoms with Crippen molar-refractivity contribution < 1.29 is 4.74 Å². The smallest absolute Gasteiger partial charge is 0.0990 e. The van der Waals surface area contributed by atoms with Crippen LogP contribution in [0.5, 0.6) is 0 Å². The number of thioether (sulfide) groups is 1. The fraction of sp³-hybridized carbons (Fsp3) is 0.462. The Balaban J connectivity index is 2.42. The Morgan fingerprint density at radius 1 is 1.41 bits per heavy atom. The van der Waals surface area contributed by atoms with E-state index in [2.05, 4.69) is 0 Å². The molecular weight excluding hydrogens is 232 g/mol. The molecule has 4 heteroatoms. The average Bonchev–Trinajstić information content (AvgIpc) is 2.34. The SMILES string of the molecule is COCCCSCC(C(=N)N)c1ccccc1. The van der Waals surface area contributed by atoms with E-state index in [1.165, 1.54) is 0 Å². The zero-order chi connectivity index (χ0) is 12.5. The van der Waals surface area contributed by atoms with Crippen LogP contribution in [0.4, 0.5) is 0 Å². The first-order valence-corrected chi connectivity index (χ1v) is 6.86. The van der Waals surface area contributed by atoms with Crippen LogP contribution in [0, 0.1) is 5.41 Å². The van der Waals surface area contributed by atoms with Crippen molar-refractivity contribution in [3.05, 3.63) is 35.9 Å². The normalized spacial score (nSPS) is 12.3. The monoisotopic (exact) mass is 252 g/mol. The highest BCUT2D eigenvalue weighted by atomic mass is 32.2. The standard InChI is InChI=1S/C13H20N2OS/c1-16-8-5-9-17-10-12(13(14)15)11-6-3-2-4-7-11/h2-4,6-7,12H,5,8-10H2,1H3,(H3,14,15). The van der Waals surface area contributed by atoms with Gasteiger partial charge in [-0.1, -0.05) is 30.3 Å². The molecule has 0 saturated heterocycles. The number of hydrogen-bond donors (Lipinski definition) is 2. The second-order valence-electron chi connectivity index (χ2n) is 3.84. The molecule has 94 valence electrons. The molecule has 0 aromatic heterocycles. The predicted octanol–water partition coefficient (Wildman–Crippen LogP) is 2.48. The number of methoxy groups -OCH3 is 1. The number of nitrogens with two attached hydrogens (primary N) is 1. The number of ether oxygens (including phenoxy) is 1. The van der Waals surface area contributed by atoms with Gasteiger partial charge in [-0.15, -0.1) is 0 Å². The zero-order valence-electron chi connectivity index (χ0n) is 10.2. The first kappa shape index (κ1) is 14.1. The van der Waals surface area contributed by atoms with E-state index in [-0.39, 0.29) is 11.8 Å². The first-order valence-electron chi connectivity index (χ1n) is 5.71. The van der Waals surface area contributed by atoms with Crippen LogP contribution in [-0.4, -0.2) is 31.1 Å². The lowest BCUT2D eigenvalue weighted by Crippen LogP contribution is -2.22. The molecule has 1 unspecified atom stereocenters. The third-order valence-electron chi connectivity index (χ3n) is 2.50. The quantitative estimate of drug-likeness (QED) is 0.424. The van der Waals surface area contributed by atoms with E-state index < -0.39 is 0 Å². The minimum absolute atomic E-state index is 0.0312. The van der Waals surface area contributed by atoms with Crippen molar-refractivity contribution in [2.45, 2.75) is 12.3 Å². The molecule has 0 spiro atoms. The van der Waals surface area contributed by atoms with E-state index in [4.69, 9.17) is 15.9 Å². The number of hydrogen-bond acceptors (Lipinski definition) is 3. The van der Waals surface area contributed by atoms with Gasteiger partial charge >= 0.3 is 0 Å². The lowest BCUT2D eigenvalue weighted by molar-refractivity contribution is 0.200. The van der Waals surface area contributed by atoms with Gasteiger partial charge in [-0.2, -0.15) is 11.8 Å². The Morgan fingerprint density at radius 2 is 2.12 bits per heavy atom. The van der Waals surface area contributed by atoms with Gasteiger partial charge in [0.25, 0.3) is 0 Å². The Morgan fingerprint density at radius 3 is 2.71 bits per heavy atom. The summed E-state index contributed by atoms with van der Waals surface area (Å²) in [5.41, 5.74) is 6.78. The Hall–Kier alpha value is -1.00. The first-order chi connectivity index (χ1) is 8.25. The lowest BCUT2D eigenvalue weighted by atomic mass is 10.0. The van der Waals surface area contributed by atoms with Crippen LogP contribution < -0.4 is 5.73 Å². The van der Waals surface area contributed by atoms with E-state index in [0.717, 1.165) is 30.1 Å². The Kier molecular flexibility index (Phi) is 6.74. The van der Waals surface area contributed by atoms with E-state index in [9.17, 15) is 0 Å². The summed E-state index contributed by atoms with van der Waals surface area (Å²) in [5.74, 6) is 2.19. The summed E-state index contributed by atoms with van der Waals surface area (Å²) in [6.07, 6.45) is 1.04. The molecule has 0 aliphatic carbocycles. The highest BCUT2D eigenvalue weighted by Crippen LogP contribution is 2.21. The van der Waals surface area contributed by atoms with E-state index in [1.807, 2.05) is 42.1 Å². The highest BCUT2D eigenvalue weighted by molar-refractivity contribution is 7.99. The van der Waals surface area contributed by atoms with Gasteiger partial charge in [0.15, 0.2) is 0 Å². The second-order valence-corrected chi connectivity index (χ2v) is 4.99. The number of nitrogens with one attached hydrogen (secondary N) is 1. The zero-order valence-corrected chi connectivity index (χ0v) is 11.0. The van der Waals surface area contributed by atoms with Crippen LogP contribution in [0.25, 0.3) is 0 Å². The van der Waals surface area contributed by atoms with Gasteiger partial charge in [0, 0.05) is 25.4 Å². The molecule has 0 fully saturated rings. The van der Waals surface area contributed by atoms with Crippen LogP contribution in [0.3, 0.4) is 0 Å². The summed E-state index contributed by atoms with van der Waals surface area (Å²) < 4.78 is 5.00. The molecule has 0 saturated carbocycles. The number of benzene rings is 1. The topological polar surface area (TPSA) is 59.1 Å². The van der Waals surface area contributed by atoms with Crippen molar-refractivity contribution in [1.82, 2.24) is 0 Å².